The lowest BCUT2D eigenvalue weighted by Gasteiger charge is -2.19. The molecule has 4 nitrogen and oxygen atoms in total. The summed E-state index contributed by atoms with van der Waals surface area (Å²) < 4.78 is 46.7. The van der Waals surface area contributed by atoms with E-state index in [9.17, 15) is 18.0 Å². The normalized spacial score (nSPS) is 14.5. The number of nitrogens with zero attached hydrogens (tertiary/aromatic N) is 2. The maximum absolute atomic E-state index is 13.5. The fourth-order valence-electron chi connectivity index (χ4n) is 2.79. The third-order valence-electron chi connectivity index (χ3n) is 4.46. The average Bonchev–Trinajstić information content (AvgIpc) is 3.39. The standard InChI is InChI=1S/C18H19F3N2O2S/c1-10-12(13-8-22-23(2)17(24)15(13)25-3)6-7-14(18(19,20)21)16(10)26-9-11-4-5-11/h6-8,11H,4-5,9H2,1-3H3. The number of rotatable bonds is 5. The van der Waals surface area contributed by atoms with Crippen molar-refractivity contribution in [3.63, 3.8) is 0 Å². The molecule has 0 N–H and O–H groups in total. The lowest BCUT2D eigenvalue weighted by molar-refractivity contribution is -0.139. The summed E-state index contributed by atoms with van der Waals surface area (Å²) in [6.07, 6.45) is -0.839. The number of alkyl halides is 3. The van der Waals surface area contributed by atoms with Crippen molar-refractivity contribution in [1.82, 2.24) is 9.78 Å². The van der Waals surface area contributed by atoms with Crippen molar-refractivity contribution >= 4 is 11.8 Å². The van der Waals surface area contributed by atoms with Gasteiger partial charge in [-0.1, -0.05) is 6.07 Å². The van der Waals surface area contributed by atoms with E-state index in [1.165, 1.54) is 38.2 Å². The first-order valence-corrected chi connectivity index (χ1v) is 9.16. The van der Waals surface area contributed by atoms with E-state index in [0.29, 0.717) is 28.4 Å². The molecule has 0 spiro atoms. The molecule has 3 rings (SSSR count). The predicted molar refractivity (Wildman–Crippen MR) is 94.7 cm³/mol. The third kappa shape index (κ3) is 3.60. The zero-order valence-corrected chi connectivity index (χ0v) is 15.5. The molecule has 0 atom stereocenters. The summed E-state index contributed by atoms with van der Waals surface area (Å²) in [5.74, 6) is 1.23. The molecule has 140 valence electrons. The summed E-state index contributed by atoms with van der Waals surface area (Å²) in [6, 6.07) is 2.47. The fraction of sp³-hybridized carbons (Fsp3) is 0.444. The van der Waals surface area contributed by atoms with Gasteiger partial charge in [0, 0.05) is 23.3 Å². The largest absolute Gasteiger partial charge is 0.491 e. The number of thioether (sulfide) groups is 1. The fourth-order valence-corrected chi connectivity index (χ4v) is 4.19. The maximum Gasteiger partial charge on any atom is 0.417 e. The molecule has 8 heteroatoms. The average molecular weight is 384 g/mol. The number of methoxy groups -OCH3 is 1. The van der Waals surface area contributed by atoms with Gasteiger partial charge >= 0.3 is 11.7 Å². The van der Waals surface area contributed by atoms with Crippen molar-refractivity contribution in [2.45, 2.75) is 30.8 Å². The van der Waals surface area contributed by atoms with Crippen LogP contribution in [0.25, 0.3) is 11.1 Å². The number of ether oxygens (including phenoxy) is 1. The second-order valence-electron chi connectivity index (χ2n) is 6.39. The molecule has 0 bridgehead atoms. The molecular weight excluding hydrogens is 365 g/mol. The Balaban J connectivity index is 2.16. The van der Waals surface area contributed by atoms with E-state index in [4.69, 9.17) is 4.74 Å². The van der Waals surface area contributed by atoms with Gasteiger partial charge in [-0.2, -0.15) is 18.3 Å². The van der Waals surface area contributed by atoms with Crippen LogP contribution in [0, 0.1) is 12.8 Å². The topological polar surface area (TPSA) is 44.1 Å². The molecule has 1 aromatic heterocycles. The molecule has 26 heavy (non-hydrogen) atoms. The van der Waals surface area contributed by atoms with Crippen molar-refractivity contribution in [1.29, 1.82) is 0 Å². The van der Waals surface area contributed by atoms with E-state index in [0.717, 1.165) is 23.6 Å². The number of aryl methyl sites for hydroxylation is 1. The smallest absolute Gasteiger partial charge is 0.417 e. The van der Waals surface area contributed by atoms with Crippen LogP contribution in [0.3, 0.4) is 0 Å². The van der Waals surface area contributed by atoms with E-state index < -0.39 is 17.3 Å². The molecule has 0 unspecified atom stereocenters. The van der Waals surface area contributed by atoms with Gasteiger partial charge in [0.2, 0.25) is 0 Å². The van der Waals surface area contributed by atoms with E-state index in [1.54, 1.807) is 6.92 Å². The number of hydrogen-bond acceptors (Lipinski definition) is 4. The van der Waals surface area contributed by atoms with Crippen LogP contribution in [0.2, 0.25) is 0 Å². The zero-order valence-electron chi connectivity index (χ0n) is 14.7. The molecular formula is C18H19F3N2O2S. The van der Waals surface area contributed by atoms with E-state index in [1.807, 2.05) is 0 Å². The van der Waals surface area contributed by atoms with Crippen LogP contribution in [0.15, 0.2) is 28.0 Å². The zero-order chi connectivity index (χ0) is 19.1. The van der Waals surface area contributed by atoms with Gasteiger partial charge < -0.3 is 4.74 Å². The highest BCUT2D eigenvalue weighted by Crippen LogP contribution is 2.45. The monoisotopic (exact) mass is 384 g/mol. The second kappa shape index (κ2) is 6.98. The lowest BCUT2D eigenvalue weighted by atomic mass is 9.99. The molecule has 1 aromatic carbocycles. The van der Waals surface area contributed by atoms with Crippen molar-refractivity contribution in [2.24, 2.45) is 13.0 Å². The minimum absolute atomic E-state index is 0.0727. The summed E-state index contributed by atoms with van der Waals surface area (Å²) >= 11 is 1.24. The van der Waals surface area contributed by atoms with Gasteiger partial charge in [-0.25, -0.2) is 4.68 Å². The molecule has 0 amide bonds. The van der Waals surface area contributed by atoms with Crippen LogP contribution >= 0.6 is 11.8 Å². The molecule has 2 aromatic rings. The first-order chi connectivity index (χ1) is 12.2. The van der Waals surface area contributed by atoms with Crippen molar-refractivity contribution in [3.8, 4) is 16.9 Å². The van der Waals surface area contributed by atoms with Crippen LogP contribution in [0.4, 0.5) is 13.2 Å². The molecule has 0 aliphatic heterocycles. The lowest BCUT2D eigenvalue weighted by Crippen LogP contribution is -2.21. The SMILES string of the molecule is COc1c(-c2ccc(C(F)(F)F)c(SCC3CC3)c2C)cnn(C)c1=O. The van der Waals surface area contributed by atoms with Gasteiger partial charge in [-0.3, -0.25) is 4.79 Å². The van der Waals surface area contributed by atoms with Crippen molar-refractivity contribution in [3.05, 3.63) is 39.8 Å². The number of aromatic nitrogens is 2. The highest BCUT2D eigenvalue weighted by molar-refractivity contribution is 7.99. The molecule has 1 saturated carbocycles. The van der Waals surface area contributed by atoms with Gasteiger partial charge in [-0.15, -0.1) is 11.8 Å². The first-order valence-electron chi connectivity index (χ1n) is 8.18. The summed E-state index contributed by atoms with van der Waals surface area (Å²) in [4.78, 5) is 12.4. The van der Waals surface area contributed by atoms with Crippen LogP contribution in [0.5, 0.6) is 5.75 Å². The predicted octanol–water partition coefficient (Wildman–Crippen LogP) is 4.29. The highest BCUT2D eigenvalue weighted by atomic mass is 32.2. The molecule has 0 saturated heterocycles. The second-order valence-corrected chi connectivity index (χ2v) is 7.42. The summed E-state index contributed by atoms with van der Waals surface area (Å²) in [6.45, 7) is 1.65. The Bertz CT molecular complexity index is 889. The molecule has 1 aliphatic rings. The van der Waals surface area contributed by atoms with E-state index in [-0.39, 0.29) is 10.6 Å². The van der Waals surface area contributed by atoms with Gasteiger partial charge in [0.25, 0.3) is 0 Å². The summed E-state index contributed by atoms with van der Waals surface area (Å²) in [5, 5.41) is 3.98. The van der Waals surface area contributed by atoms with Gasteiger partial charge in [0.05, 0.1) is 18.9 Å². The van der Waals surface area contributed by atoms with Crippen LogP contribution < -0.4 is 10.3 Å². The van der Waals surface area contributed by atoms with Gasteiger partial charge in [-0.05, 0) is 42.9 Å². The van der Waals surface area contributed by atoms with Crippen LogP contribution in [-0.4, -0.2) is 22.6 Å². The quantitative estimate of drug-likeness (QED) is 0.722. The maximum atomic E-state index is 13.5. The Labute approximate surface area is 153 Å². The number of hydrogen-bond donors (Lipinski definition) is 0. The summed E-state index contributed by atoms with van der Waals surface area (Å²) in [7, 11) is 2.85. The minimum Gasteiger partial charge on any atom is -0.491 e. The Hall–Kier alpha value is -1.96. The number of halogens is 3. The van der Waals surface area contributed by atoms with Gasteiger partial charge in [0.15, 0.2) is 5.75 Å². The highest BCUT2D eigenvalue weighted by Gasteiger charge is 2.35. The Morgan fingerprint density at radius 3 is 2.58 bits per heavy atom. The molecule has 0 radical (unpaired) electrons. The third-order valence-corrected chi connectivity index (χ3v) is 5.91. The van der Waals surface area contributed by atoms with Crippen LogP contribution in [0.1, 0.15) is 24.0 Å². The summed E-state index contributed by atoms with van der Waals surface area (Å²) in [5.41, 5.74) is 0.337. The van der Waals surface area contributed by atoms with E-state index in [2.05, 4.69) is 5.10 Å². The van der Waals surface area contributed by atoms with Crippen LogP contribution in [-0.2, 0) is 13.2 Å². The van der Waals surface area contributed by atoms with Crippen molar-refractivity contribution < 1.29 is 17.9 Å². The Morgan fingerprint density at radius 2 is 2.00 bits per heavy atom. The van der Waals surface area contributed by atoms with Gasteiger partial charge in [0.1, 0.15) is 0 Å². The molecule has 1 aliphatic carbocycles. The first kappa shape index (κ1) is 18.8. The van der Waals surface area contributed by atoms with Crippen molar-refractivity contribution in [2.75, 3.05) is 12.9 Å². The minimum atomic E-state index is -4.43. The number of benzene rings is 1. The van der Waals surface area contributed by atoms with E-state index >= 15 is 0 Å². The molecule has 1 fully saturated rings. The Morgan fingerprint density at radius 1 is 1.31 bits per heavy atom. The Kier molecular flexibility index (Phi) is 5.05. The molecule has 1 heterocycles.